The number of nitrogens with zero attached hydrogens (tertiary/aromatic N) is 2. The van der Waals surface area contributed by atoms with Gasteiger partial charge in [-0.2, -0.15) is 0 Å². The minimum atomic E-state index is -0.902. The Morgan fingerprint density at radius 3 is 2.59 bits per heavy atom. The standard InChI is InChI=1S/C30H37F2N3O4/c1-19-27(35-16-8-11-25(28(35)33-19)38-18-20-9-6-5-7-10-20)29(37)34-24(14-15-26(36)39-30(2,3)4)22-13-12-21(31)17-23(22)32/h8,11-13,16-17,20,24H,5-7,9-10,14-15,18H2,1-4H3,(H,34,37). The Balaban J connectivity index is 1.56. The predicted molar refractivity (Wildman–Crippen MR) is 144 cm³/mol. The van der Waals surface area contributed by atoms with Gasteiger partial charge in [0.2, 0.25) is 0 Å². The molecule has 0 aliphatic heterocycles. The molecule has 1 aliphatic carbocycles. The molecule has 1 saturated carbocycles. The van der Waals surface area contributed by atoms with Crippen LogP contribution in [0.1, 0.15) is 93.5 Å². The number of carbonyl (C=O) groups is 2. The number of aromatic nitrogens is 2. The van der Waals surface area contributed by atoms with Crippen molar-refractivity contribution in [1.82, 2.24) is 14.7 Å². The van der Waals surface area contributed by atoms with Crippen LogP contribution in [0.4, 0.5) is 8.78 Å². The fourth-order valence-electron chi connectivity index (χ4n) is 5.07. The van der Waals surface area contributed by atoms with E-state index in [0.717, 1.165) is 25.0 Å². The second kappa shape index (κ2) is 12.1. The molecule has 1 unspecified atom stereocenters. The molecule has 1 aliphatic rings. The van der Waals surface area contributed by atoms with Crippen molar-refractivity contribution < 1.29 is 27.8 Å². The van der Waals surface area contributed by atoms with E-state index in [-0.39, 0.29) is 24.1 Å². The molecular formula is C30H37F2N3O4. The van der Waals surface area contributed by atoms with Crippen molar-refractivity contribution in [3.63, 3.8) is 0 Å². The average molecular weight is 542 g/mol. The van der Waals surface area contributed by atoms with Crippen LogP contribution in [0.3, 0.4) is 0 Å². The number of aryl methyl sites for hydroxylation is 1. The van der Waals surface area contributed by atoms with Crippen LogP contribution in [0, 0.1) is 24.5 Å². The maximum atomic E-state index is 14.8. The highest BCUT2D eigenvalue weighted by Crippen LogP contribution is 2.28. The third-order valence-electron chi connectivity index (χ3n) is 6.90. The fraction of sp³-hybridized carbons (Fsp3) is 0.500. The molecule has 0 saturated heterocycles. The summed E-state index contributed by atoms with van der Waals surface area (Å²) in [7, 11) is 0. The Bertz CT molecular complexity index is 1330. The summed E-state index contributed by atoms with van der Waals surface area (Å²) in [6, 6.07) is 5.90. The first-order valence-electron chi connectivity index (χ1n) is 13.6. The second-order valence-electron chi connectivity index (χ2n) is 11.2. The summed E-state index contributed by atoms with van der Waals surface area (Å²) in [6.45, 7) is 7.59. The minimum Gasteiger partial charge on any atom is -0.489 e. The van der Waals surface area contributed by atoms with E-state index >= 15 is 0 Å². The van der Waals surface area contributed by atoms with Gasteiger partial charge in [0, 0.05) is 24.2 Å². The van der Waals surface area contributed by atoms with Crippen molar-refractivity contribution in [1.29, 1.82) is 0 Å². The maximum absolute atomic E-state index is 14.8. The van der Waals surface area contributed by atoms with Crippen LogP contribution < -0.4 is 10.1 Å². The van der Waals surface area contributed by atoms with E-state index in [2.05, 4.69) is 10.3 Å². The fourth-order valence-corrected chi connectivity index (χ4v) is 5.07. The number of hydrogen-bond donors (Lipinski definition) is 1. The number of imidazole rings is 1. The quantitative estimate of drug-likeness (QED) is 0.314. The third kappa shape index (κ3) is 7.34. The summed E-state index contributed by atoms with van der Waals surface area (Å²) in [5, 5.41) is 2.84. The zero-order valence-electron chi connectivity index (χ0n) is 23.1. The highest BCUT2D eigenvalue weighted by atomic mass is 19.1. The van der Waals surface area contributed by atoms with E-state index in [0.29, 0.717) is 29.6 Å². The van der Waals surface area contributed by atoms with Gasteiger partial charge in [0.05, 0.1) is 18.3 Å². The summed E-state index contributed by atoms with van der Waals surface area (Å²) in [5.41, 5.74) is 0.677. The number of benzene rings is 1. The number of fused-ring (bicyclic) bond motifs is 1. The van der Waals surface area contributed by atoms with Crippen LogP contribution in [-0.4, -0.2) is 33.5 Å². The lowest BCUT2D eigenvalue weighted by atomic mass is 9.90. The van der Waals surface area contributed by atoms with Gasteiger partial charge in [-0.3, -0.25) is 14.0 Å². The van der Waals surface area contributed by atoms with Crippen molar-refractivity contribution >= 4 is 17.5 Å². The number of nitrogens with one attached hydrogen (secondary N) is 1. The van der Waals surface area contributed by atoms with E-state index < -0.39 is 35.2 Å². The Morgan fingerprint density at radius 2 is 1.90 bits per heavy atom. The molecule has 1 N–H and O–H groups in total. The number of halogens is 2. The van der Waals surface area contributed by atoms with Crippen LogP contribution >= 0.6 is 0 Å². The third-order valence-corrected chi connectivity index (χ3v) is 6.90. The molecule has 3 aromatic rings. The number of amides is 1. The molecule has 4 rings (SSSR count). The van der Waals surface area contributed by atoms with Crippen molar-refractivity contribution in [2.45, 2.75) is 84.3 Å². The number of hydrogen-bond acceptors (Lipinski definition) is 5. The van der Waals surface area contributed by atoms with E-state index in [1.165, 1.54) is 25.3 Å². The maximum Gasteiger partial charge on any atom is 0.306 e. The van der Waals surface area contributed by atoms with Crippen LogP contribution in [0.2, 0.25) is 0 Å². The van der Waals surface area contributed by atoms with Crippen molar-refractivity contribution in [3.05, 3.63) is 65.1 Å². The second-order valence-corrected chi connectivity index (χ2v) is 11.2. The molecule has 9 heteroatoms. The van der Waals surface area contributed by atoms with Gasteiger partial charge in [0.15, 0.2) is 11.4 Å². The lowest BCUT2D eigenvalue weighted by molar-refractivity contribution is -0.155. The lowest BCUT2D eigenvalue weighted by Gasteiger charge is -2.22. The minimum absolute atomic E-state index is 0.0642. The van der Waals surface area contributed by atoms with Crippen molar-refractivity contribution in [3.8, 4) is 5.75 Å². The number of rotatable bonds is 9. The van der Waals surface area contributed by atoms with E-state index in [9.17, 15) is 18.4 Å². The molecule has 0 spiro atoms. The van der Waals surface area contributed by atoms with Gasteiger partial charge < -0.3 is 14.8 Å². The van der Waals surface area contributed by atoms with Crippen LogP contribution in [0.15, 0.2) is 36.5 Å². The van der Waals surface area contributed by atoms with E-state index in [1.54, 1.807) is 44.4 Å². The number of carbonyl (C=O) groups excluding carboxylic acids is 2. The molecule has 1 fully saturated rings. The number of ether oxygens (including phenoxy) is 2. The molecule has 2 aromatic heterocycles. The first-order valence-corrected chi connectivity index (χ1v) is 13.6. The first-order chi connectivity index (χ1) is 18.5. The lowest BCUT2D eigenvalue weighted by Crippen LogP contribution is -2.32. The van der Waals surface area contributed by atoms with Gasteiger partial charge in [-0.15, -0.1) is 0 Å². The summed E-state index contributed by atoms with van der Waals surface area (Å²) in [4.78, 5) is 30.5. The monoisotopic (exact) mass is 541 g/mol. The summed E-state index contributed by atoms with van der Waals surface area (Å²) < 4.78 is 41.6. The Kier molecular flexibility index (Phi) is 8.87. The molecule has 0 radical (unpaired) electrons. The zero-order valence-corrected chi connectivity index (χ0v) is 23.1. The molecule has 210 valence electrons. The Morgan fingerprint density at radius 1 is 1.15 bits per heavy atom. The topological polar surface area (TPSA) is 81.9 Å². The van der Waals surface area contributed by atoms with E-state index in [1.807, 2.05) is 6.07 Å². The molecule has 2 heterocycles. The highest BCUT2D eigenvalue weighted by molar-refractivity contribution is 5.95. The largest absolute Gasteiger partial charge is 0.489 e. The summed E-state index contributed by atoms with van der Waals surface area (Å²) in [5.74, 6) is -1.41. The smallest absolute Gasteiger partial charge is 0.306 e. The van der Waals surface area contributed by atoms with Gasteiger partial charge in [0.1, 0.15) is 22.9 Å². The molecule has 1 amide bonds. The van der Waals surface area contributed by atoms with Gasteiger partial charge in [-0.1, -0.05) is 25.3 Å². The Labute approximate surface area is 227 Å². The first kappa shape index (κ1) is 28.5. The average Bonchev–Trinajstić information content (AvgIpc) is 3.21. The SMILES string of the molecule is Cc1nc2c(OCC3CCCCC3)cccn2c1C(=O)NC(CCC(=O)OC(C)(C)C)c1ccc(F)cc1F. The number of pyridine rings is 1. The number of esters is 1. The predicted octanol–water partition coefficient (Wildman–Crippen LogP) is 6.47. The molecule has 1 atom stereocenters. The molecule has 7 nitrogen and oxygen atoms in total. The van der Waals surface area contributed by atoms with Gasteiger partial charge in [-0.25, -0.2) is 13.8 Å². The van der Waals surface area contributed by atoms with Crippen LogP contribution in [-0.2, 0) is 9.53 Å². The molecule has 0 bridgehead atoms. The normalized spacial score (nSPS) is 15.2. The van der Waals surface area contributed by atoms with Gasteiger partial charge in [-0.05, 0) is 71.1 Å². The van der Waals surface area contributed by atoms with Crippen LogP contribution in [0.5, 0.6) is 5.75 Å². The highest BCUT2D eigenvalue weighted by Gasteiger charge is 2.26. The van der Waals surface area contributed by atoms with Crippen LogP contribution in [0.25, 0.3) is 5.65 Å². The molecule has 1 aromatic carbocycles. The van der Waals surface area contributed by atoms with Gasteiger partial charge in [0.25, 0.3) is 5.91 Å². The van der Waals surface area contributed by atoms with Crippen molar-refractivity contribution in [2.75, 3.05) is 6.61 Å². The molecule has 39 heavy (non-hydrogen) atoms. The molecular weight excluding hydrogens is 504 g/mol. The Hall–Kier alpha value is -3.49. The van der Waals surface area contributed by atoms with Crippen molar-refractivity contribution in [2.24, 2.45) is 5.92 Å². The summed E-state index contributed by atoms with van der Waals surface area (Å²) >= 11 is 0. The zero-order chi connectivity index (χ0) is 28.2. The summed E-state index contributed by atoms with van der Waals surface area (Å²) in [6.07, 6.45) is 7.73. The van der Waals surface area contributed by atoms with Gasteiger partial charge >= 0.3 is 5.97 Å². The van der Waals surface area contributed by atoms with E-state index in [4.69, 9.17) is 9.47 Å².